The maximum Gasteiger partial charge on any atom is 0.336 e. The molecule has 0 aliphatic heterocycles. The molecule has 0 aliphatic carbocycles. The highest BCUT2D eigenvalue weighted by Gasteiger charge is 2.16. The van der Waals surface area contributed by atoms with Gasteiger partial charge in [0.1, 0.15) is 17.9 Å². The van der Waals surface area contributed by atoms with E-state index < -0.39 is 15.6 Å². The van der Waals surface area contributed by atoms with Gasteiger partial charge >= 0.3 is 5.63 Å². The summed E-state index contributed by atoms with van der Waals surface area (Å²) in [6.45, 7) is 3.00. The lowest BCUT2D eigenvalue weighted by atomic mass is 10.2. The summed E-state index contributed by atoms with van der Waals surface area (Å²) in [6.07, 6.45) is 0. The molecule has 0 radical (unpaired) electrons. The molecule has 1 N–H and O–H groups in total. The highest BCUT2D eigenvalue weighted by molar-refractivity contribution is 7.89. The maximum absolute atomic E-state index is 12.1. The van der Waals surface area contributed by atoms with Crippen molar-refractivity contribution in [2.45, 2.75) is 24.4 Å². The molecule has 0 saturated heterocycles. The molecule has 0 fully saturated rings. The standard InChI is InChI=1S/C21H24N2O5S/c1-15(14-27-18-8-6-17-7-11-21(24)28-20(17)12-18)22-13-16-4-9-19(10-5-16)29(25,26)23(2)3/h4-12,15,22H,13-14H2,1-3H3. The Balaban J connectivity index is 1.53. The number of hydrogen-bond acceptors (Lipinski definition) is 6. The first kappa shape index (κ1) is 21.0. The van der Waals surface area contributed by atoms with Crippen molar-refractivity contribution in [2.24, 2.45) is 0 Å². The summed E-state index contributed by atoms with van der Waals surface area (Å²) in [5.74, 6) is 0.624. The SMILES string of the molecule is CC(COc1ccc2ccc(=O)oc2c1)NCc1ccc(S(=O)(=O)N(C)C)cc1. The van der Waals surface area contributed by atoms with Crippen LogP contribution in [0.4, 0.5) is 0 Å². The molecule has 0 bridgehead atoms. The van der Waals surface area contributed by atoms with Crippen molar-refractivity contribution in [2.75, 3.05) is 20.7 Å². The van der Waals surface area contributed by atoms with Crippen LogP contribution < -0.4 is 15.7 Å². The van der Waals surface area contributed by atoms with Gasteiger partial charge in [-0.2, -0.15) is 0 Å². The fourth-order valence-corrected chi connectivity index (χ4v) is 3.59. The molecular weight excluding hydrogens is 392 g/mol. The van der Waals surface area contributed by atoms with E-state index in [2.05, 4.69) is 5.32 Å². The van der Waals surface area contributed by atoms with E-state index in [1.54, 1.807) is 36.4 Å². The summed E-state index contributed by atoms with van der Waals surface area (Å²) in [4.78, 5) is 11.6. The van der Waals surface area contributed by atoms with Crippen LogP contribution in [0.15, 0.2) is 68.7 Å². The zero-order chi connectivity index (χ0) is 21.0. The summed E-state index contributed by atoms with van der Waals surface area (Å²) >= 11 is 0. The van der Waals surface area contributed by atoms with E-state index in [4.69, 9.17) is 9.15 Å². The number of ether oxygens (including phenoxy) is 1. The highest BCUT2D eigenvalue weighted by atomic mass is 32.2. The van der Waals surface area contributed by atoms with Gasteiger partial charge in [0.15, 0.2) is 0 Å². The first-order valence-corrected chi connectivity index (χ1v) is 10.6. The average Bonchev–Trinajstić information content (AvgIpc) is 2.70. The zero-order valence-corrected chi connectivity index (χ0v) is 17.4. The molecule has 3 aromatic rings. The van der Waals surface area contributed by atoms with Crippen LogP contribution >= 0.6 is 0 Å². The van der Waals surface area contributed by atoms with Gasteiger partial charge in [0.05, 0.1) is 4.90 Å². The van der Waals surface area contributed by atoms with Gasteiger partial charge in [-0.1, -0.05) is 12.1 Å². The van der Waals surface area contributed by atoms with Gasteiger partial charge in [0.2, 0.25) is 10.0 Å². The number of nitrogens with one attached hydrogen (secondary N) is 1. The second-order valence-corrected chi connectivity index (χ2v) is 9.13. The number of fused-ring (bicyclic) bond motifs is 1. The van der Waals surface area contributed by atoms with E-state index in [-0.39, 0.29) is 10.9 Å². The van der Waals surface area contributed by atoms with Crippen LogP contribution in [0.5, 0.6) is 5.75 Å². The molecular formula is C21H24N2O5S. The van der Waals surface area contributed by atoms with Gasteiger partial charge in [-0.15, -0.1) is 0 Å². The van der Waals surface area contributed by atoms with Crippen LogP contribution in [0.25, 0.3) is 11.0 Å². The van der Waals surface area contributed by atoms with Crippen molar-refractivity contribution < 1.29 is 17.6 Å². The monoisotopic (exact) mass is 416 g/mol. The third-order valence-electron chi connectivity index (χ3n) is 4.45. The molecule has 3 rings (SSSR count). The predicted octanol–water partition coefficient (Wildman–Crippen LogP) is 2.60. The Bertz CT molecular complexity index is 1140. The van der Waals surface area contributed by atoms with Crippen LogP contribution in [0.2, 0.25) is 0 Å². The normalized spacial score (nSPS) is 13.0. The van der Waals surface area contributed by atoms with Crippen LogP contribution in [-0.2, 0) is 16.6 Å². The first-order chi connectivity index (χ1) is 13.8. The lowest BCUT2D eigenvalue weighted by Crippen LogP contribution is -2.31. The Kier molecular flexibility index (Phi) is 6.36. The molecule has 2 aromatic carbocycles. The summed E-state index contributed by atoms with van der Waals surface area (Å²) in [5, 5.41) is 4.17. The Morgan fingerprint density at radius 1 is 1.07 bits per heavy atom. The molecule has 154 valence electrons. The van der Waals surface area contributed by atoms with Crippen LogP contribution in [0.1, 0.15) is 12.5 Å². The topological polar surface area (TPSA) is 88.8 Å². The molecule has 7 nitrogen and oxygen atoms in total. The van der Waals surface area contributed by atoms with E-state index in [1.807, 2.05) is 19.1 Å². The molecule has 1 atom stereocenters. The predicted molar refractivity (Wildman–Crippen MR) is 112 cm³/mol. The van der Waals surface area contributed by atoms with E-state index in [9.17, 15) is 13.2 Å². The summed E-state index contributed by atoms with van der Waals surface area (Å²) < 4.78 is 36.3. The van der Waals surface area contributed by atoms with Crippen LogP contribution in [-0.4, -0.2) is 39.5 Å². The van der Waals surface area contributed by atoms with Crippen molar-refractivity contribution in [1.29, 1.82) is 0 Å². The van der Waals surface area contributed by atoms with Gasteiger partial charge in [0, 0.05) is 44.2 Å². The van der Waals surface area contributed by atoms with Crippen LogP contribution in [0, 0.1) is 0 Å². The molecule has 0 saturated carbocycles. The Hall–Kier alpha value is -2.68. The minimum Gasteiger partial charge on any atom is -0.492 e. The van der Waals surface area contributed by atoms with Crippen LogP contribution in [0.3, 0.4) is 0 Å². The van der Waals surface area contributed by atoms with Gasteiger partial charge in [0.25, 0.3) is 0 Å². The molecule has 29 heavy (non-hydrogen) atoms. The lowest BCUT2D eigenvalue weighted by molar-refractivity contribution is 0.272. The zero-order valence-electron chi connectivity index (χ0n) is 16.6. The summed E-state index contributed by atoms with van der Waals surface area (Å²) in [7, 11) is -0.398. The molecule has 1 heterocycles. The summed E-state index contributed by atoms with van der Waals surface area (Å²) in [6, 6.07) is 15.3. The van der Waals surface area contributed by atoms with Crippen molar-refractivity contribution in [3.8, 4) is 5.75 Å². The minimum absolute atomic E-state index is 0.0543. The number of sulfonamides is 1. The van der Waals surface area contributed by atoms with E-state index >= 15 is 0 Å². The number of nitrogens with zero attached hydrogens (tertiary/aromatic N) is 1. The quantitative estimate of drug-likeness (QED) is 0.568. The second-order valence-electron chi connectivity index (χ2n) is 6.98. The van der Waals surface area contributed by atoms with Crippen molar-refractivity contribution in [1.82, 2.24) is 9.62 Å². The lowest BCUT2D eigenvalue weighted by Gasteiger charge is -2.16. The first-order valence-electron chi connectivity index (χ1n) is 9.17. The van der Waals surface area contributed by atoms with Gasteiger partial charge in [-0.25, -0.2) is 17.5 Å². The number of benzene rings is 2. The number of rotatable bonds is 8. The van der Waals surface area contributed by atoms with Gasteiger partial charge < -0.3 is 14.5 Å². The van der Waals surface area contributed by atoms with Crippen molar-refractivity contribution in [3.05, 3.63) is 70.6 Å². The minimum atomic E-state index is -3.42. The molecule has 0 aliphatic rings. The van der Waals surface area contributed by atoms with Crippen molar-refractivity contribution in [3.63, 3.8) is 0 Å². The molecule has 0 spiro atoms. The fraction of sp³-hybridized carbons (Fsp3) is 0.286. The third kappa shape index (κ3) is 5.23. The summed E-state index contributed by atoms with van der Waals surface area (Å²) in [5.41, 5.74) is 1.07. The van der Waals surface area contributed by atoms with Crippen molar-refractivity contribution >= 4 is 21.0 Å². The highest BCUT2D eigenvalue weighted by Crippen LogP contribution is 2.19. The Labute approximate surface area is 170 Å². The molecule has 1 unspecified atom stereocenters. The molecule has 0 amide bonds. The average molecular weight is 416 g/mol. The largest absolute Gasteiger partial charge is 0.492 e. The van der Waals surface area contributed by atoms with E-state index in [0.717, 1.165) is 10.9 Å². The second kappa shape index (κ2) is 8.77. The maximum atomic E-state index is 12.1. The molecule has 8 heteroatoms. The smallest absolute Gasteiger partial charge is 0.336 e. The van der Waals surface area contributed by atoms with Gasteiger partial charge in [-0.3, -0.25) is 0 Å². The fourth-order valence-electron chi connectivity index (χ4n) is 2.69. The molecule has 1 aromatic heterocycles. The Morgan fingerprint density at radius 2 is 1.76 bits per heavy atom. The third-order valence-corrected chi connectivity index (χ3v) is 6.28. The number of hydrogen-bond donors (Lipinski definition) is 1. The van der Waals surface area contributed by atoms with E-state index in [1.165, 1.54) is 24.5 Å². The van der Waals surface area contributed by atoms with E-state index in [0.29, 0.717) is 24.5 Å². The van der Waals surface area contributed by atoms with Gasteiger partial charge in [-0.05, 0) is 42.8 Å². The Morgan fingerprint density at radius 3 is 2.45 bits per heavy atom.